The molecular formula is C27H24O7S. The number of para-hydroxylation sites is 2. The smallest absolute Gasteiger partial charge is 0.347 e. The Morgan fingerprint density at radius 1 is 0.771 bits per heavy atom. The standard InChI is InChI=1S/C27H24O7S/c1-14-15(2)24-25(35-27(34-24)20-11-7-9-13-22(20)32-18(5)29)16(3)23(14)33-26(30)19-10-6-8-12-21(19)31-17(4)28/h6-13,27H,1-5H3. The Morgan fingerprint density at radius 2 is 1.37 bits per heavy atom. The van der Waals surface area contributed by atoms with Gasteiger partial charge in [-0.3, -0.25) is 9.59 Å². The third kappa shape index (κ3) is 4.88. The topological polar surface area (TPSA) is 88.1 Å². The molecule has 0 radical (unpaired) electrons. The highest BCUT2D eigenvalue weighted by Crippen LogP contribution is 2.55. The lowest BCUT2D eigenvalue weighted by Crippen LogP contribution is -2.14. The molecule has 0 saturated carbocycles. The van der Waals surface area contributed by atoms with Crippen LogP contribution >= 0.6 is 11.8 Å². The summed E-state index contributed by atoms with van der Waals surface area (Å²) in [6.45, 7) is 8.25. The quantitative estimate of drug-likeness (QED) is 0.323. The Morgan fingerprint density at radius 3 is 2.06 bits per heavy atom. The van der Waals surface area contributed by atoms with Crippen LogP contribution in [-0.2, 0) is 9.59 Å². The van der Waals surface area contributed by atoms with Crippen LogP contribution in [0.2, 0.25) is 0 Å². The maximum absolute atomic E-state index is 13.1. The molecule has 4 rings (SSSR count). The summed E-state index contributed by atoms with van der Waals surface area (Å²) in [5.74, 6) is 0.128. The summed E-state index contributed by atoms with van der Waals surface area (Å²) < 4.78 is 22.7. The molecule has 35 heavy (non-hydrogen) atoms. The van der Waals surface area contributed by atoms with Gasteiger partial charge in [0.2, 0.25) is 0 Å². The van der Waals surface area contributed by atoms with Gasteiger partial charge in [0.05, 0.1) is 4.90 Å². The Labute approximate surface area is 207 Å². The van der Waals surface area contributed by atoms with Crippen LogP contribution in [-0.4, -0.2) is 17.9 Å². The first-order valence-electron chi connectivity index (χ1n) is 10.9. The van der Waals surface area contributed by atoms with Gasteiger partial charge in [0.15, 0.2) is 5.44 Å². The molecule has 3 aromatic carbocycles. The summed E-state index contributed by atoms with van der Waals surface area (Å²) in [5, 5.41) is 0. The van der Waals surface area contributed by atoms with Crippen molar-refractivity contribution in [3.05, 3.63) is 76.3 Å². The Hall–Kier alpha value is -3.78. The largest absolute Gasteiger partial charge is 0.473 e. The zero-order valence-corrected chi connectivity index (χ0v) is 20.8. The van der Waals surface area contributed by atoms with Crippen LogP contribution in [0.5, 0.6) is 23.0 Å². The predicted octanol–water partition coefficient (Wildman–Crippen LogP) is 5.86. The van der Waals surface area contributed by atoms with Crippen molar-refractivity contribution >= 4 is 29.7 Å². The molecule has 0 aromatic heterocycles. The third-order valence-corrected chi connectivity index (χ3v) is 6.85. The van der Waals surface area contributed by atoms with Crippen LogP contribution in [0.25, 0.3) is 0 Å². The van der Waals surface area contributed by atoms with Gasteiger partial charge in [-0.15, -0.1) is 0 Å². The summed E-state index contributed by atoms with van der Waals surface area (Å²) in [7, 11) is 0. The first-order valence-corrected chi connectivity index (χ1v) is 11.8. The van der Waals surface area contributed by atoms with Crippen molar-refractivity contribution in [3.63, 3.8) is 0 Å². The average Bonchev–Trinajstić information content (AvgIpc) is 3.26. The van der Waals surface area contributed by atoms with E-state index >= 15 is 0 Å². The van der Waals surface area contributed by atoms with E-state index in [-0.39, 0.29) is 11.3 Å². The van der Waals surface area contributed by atoms with Crippen molar-refractivity contribution in [3.8, 4) is 23.0 Å². The van der Waals surface area contributed by atoms with Gasteiger partial charge in [0.25, 0.3) is 0 Å². The van der Waals surface area contributed by atoms with E-state index < -0.39 is 23.3 Å². The lowest BCUT2D eigenvalue weighted by atomic mass is 10.0. The van der Waals surface area contributed by atoms with E-state index in [1.165, 1.54) is 25.6 Å². The van der Waals surface area contributed by atoms with Crippen LogP contribution in [0.4, 0.5) is 0 Å². The molecule has 0 bridgehead atoms. The van der Waals surface area contributed by atoms with Crippen molar-refractivity contribution in [2.24, 2.45) is 0 Å². The number of rotatable bonds is 5. The number of thioether (sulfide) groups is 1. The van der Waals surface area contributed by atoms with Crippen LogP contribution in [0.3, 0.4) is 0 Å². The molecule has 3 aromatic rings. The van der Waals surface area contributed by atoms with E-state index in [9.17, 15) is 14.4 Å². The Kier molecular flexibility index (Phi) is 6.84. The molecule has 0 amide bonds. The minimum Gasteiger partial charge on any atom is -0.473 e. The molecule has 0 saturated heterocycles. The molecule has 1 unspecified atom stereocenters. The summed E-state index contributed by atoms with van der Waals surface area (Å²) in [6.07, 6.45) is 0. The predicted molar refractivity (Wildman–Crippen MR) is 130 cm³/mol. The minimum absolute atomic E-state index is 0.137. The zero-order valence-electron chi connectivity index (χ0n) is 20.0. The lowest BCUT2D eigenvalue weighted by molar-refractivity contribution is -0.132. The van der Waals surface area contributed by atoms with Crippen molar-refractivity contribution in [2.45, 2.75) is 45.0 Å². The third-order valence-electron chi connectivity index (χ3n) is 5.56. The highest BCUT2D eigenvalue weighted by molar-refractivity contribution is 7.99. The summed E-state index contributed by atoms with van der Waals surface area (Å²) in [5.41, 5.74) is 2.79. The first-order chi connectivity index (χ1) is 16.7. The molecule has 0 spiro atoms. The molecule has 1 atom stereocenters. The summed E-state index contributed by atoms with van der Waals surface area (Å²) in [6, 6.07) is 13.7. The first kappa shape index (κ1) is 24.3. The molecule has 0 N–H and O–H groups in total. The zero-order chi connectivity index (χ0) is 25.3. The fourth-order valence-corrected chi connectivity index (χ4v) is 5.08. The molecule has 7 nitrogen and oxygen atoms in total. The fourth-order valence-electron chi connectivity index (χ4n) is 3.82. The number of hydrogen-bond acceptors (Lipinski definition) is 8. The average molecular weight is 493 g/mol. The van der Waals surface area contributed by atoms with Gasteiger partial charge in [-0.2, -0.15) is 0 Å². The number of esters is 3. The number of hydrogen-bond donors (Lipinski definition) is 0. The van der Waals surface area contributed by atoms with Gasteiger partial charge in [0.1, 0.15) is 28.6 Å². The molecule has 1 aliphatic heterocycles. The lowest BCUT2D eigenvalue weighted by Gasteiger charge is -2.17. The number of carbonyl (C=O) groups excluding carboxylic acids is 3. The van der Waals surface area contributed by atoms with Gasteiger partial charge in [-0.05, 0) is 50.1 Å². The molecule has 8 heteroatoms. The molecule has 0 fully saturated rings. The van der Waals surface area contributed by atoms with E-state index in [0.29, 0.717) is 17.2 Å². The van der Waals surface area contributed by atoms with E-state index in [0.717, 1.165) is 27.1 Å². The van der Waals surface area contributed by atoms with Crippen LogP contribution in [0.15, 0.2) is 53.4 Å². The van der Waals surface area contributed by atoms with Crippen molar-refractivity contribution < 1.29 is 33.3 Å². The van der Waals surface area contributed by atoms with Gasteiger partial charge in [0, 0.05) is 25.0 Å². The molecule has 1 aliphatic rings. The highest BCUT2D eigenvalue weighted by Gasteiger charge is 2.34. The van der Waals surface area contributed by atoms with Gasteiger partial charge < -0.3 is 18.9 Å². The van der Waals surface area contributed by atoms with E-state index in [4.69, 9.17) is 18.9 Å². The van der Waals surface area contributed by atoms with Crippen molar-refractivity contribution in [1.29, 1.82) is 0 Å². The number of carbonyl (C=O) groups is 3. The van der Waals surface area contributed by atoms with E-state index in [1.54, 1.807) is 36.4 Å². The van der Waals surface area contributed by atoms with E-state index in [1.807, 2.05) is 32.9 Å². The maximum atomic E-state index is 13.1. The maximum Gasteiger partial charge on any atom is 0.347 e. The van der Waals surface area contributed by atoms with Crippen LogP contribution in [0.1, 0.15) is 51.9 Å². The number of fused-ring (bicyclic) bond motifs is 1. The molecule has 0 aliphatic carbocycles. The Balaban J connectivity index is 1.67. The second-order valence-electron chi connectivity index (χ2n) is 8.04. The summed E-state index contributed by atoms with van der Waals surface area (Å²) in [4.78, 5) is 36.9. The molecule has 180 valence electrons. The minimum atomic E-state index is -0.631. The monoisotopic (exact) mass is 492 g/mol. The summed E-state index contributed by atoms with van der Waals surface area (Å²) >= 11 is 1.45. The van der Waals surface area contributed by atoms with E-state index in [2.05, 4.69) is 0 Å². The van der Waals surface area contributed by atoms with Crippen molar-refractivity contribution in [2.75, 3.05) is 0 Å². The van der Waals surface area contributed by atoms with Crippen LogP contribution < -0.4 is 18.9 Å². The highest BCUT2D eigenvalue weighted by atomic mass is 32.2. The number of benzene rings is 3. The van der Waals surface area contributed by atoms with Gasteiger partial charge >= 0.3 is 17.9 Å². The van der Waals surface area contributed by atoms with Gasteiger partial charge in [-0.25, -0.2) is 4.79 Å². The van der Waals surface area contributed by atoms with Crippen molar-refractivity contribution in [1.82, 2.24) is 0 Å². The number of ether oxygens (including phenoxy) is 4. The fraction of sp³-hybridized carbons (Fsp3) is 0.222. The normalized spacial score (nSPS) is 14.0. The van der Waals surface area contributed by atoms with Gasteiger partial charge in [-0.1, -0.05) is 42.1 Å². The molecule has 1 heterocycles. The Bertz CT molecular complexity index is 1350. The second-order valence-corrected chi connectivity index (χ2v) is 9.11. The SMILES string of the molecule is CC(=O)Oc1ccccc1C(=O)Oc1c(C)c(C)c2c(c1C)SC(c1ccccc1OC(C)=O)O2. The second kappa shape index (κ2) is 9.84. The van der Waals surface area contributed by atoms with Crippen LogP contribution in [0, 0.1) is 20.8 Å². The molecular weight excluding hydrogens is 468 g/mol.